The Kier molecular flexibility index (Phi) is 3.28. The Morgan fingerprint density at radius 1 is 1.38 bits per heavy atom. The van der Waals surface area contributed by atoms with Gasteiger partial charge in [-0.05, 0) is 18.2 Å². The third-order valence-corrected chi connectivity index (χ3v) is 2.68. The first-order chi connectivity index (χ1) is 7.85. The van der Waals surface area contributed by atoms with E-state index in [0.29, 0.717) is 11.3 Å². The summed E-state index contributed by atoms with van der Waals surface area (Å²) in [5, 5.41) is 9.00. The molecule has 84 valence electrons. The van der Waals surface area contributed by atoms with E-state index in [1.165, 1.54) is 0 Å². The topological polar surface area (TPSA) is 45.5 Å². The van der Waals surface area contributed by atoms with Crippen LogP contribution in [0.1, 0.15) is 5.56 Å². The minimum atomic E-state index is 0.575. The lowest BCUT2D eigenvalue weighted by Gasteiger charge is -2.29. The molecule has 0 spiro atoms. The van der Waals surface area contributed by atoms with Gasteiger partial charge >= 0.3 is 0 Å². The summed E-state index contributed by atoms with van der Waals surface area (Å²) in [4.78, 5) is 2.21. The SMILES string of the molecule is COc1ccc(N2CCOCC2)cc1C#N. The van der Waals surface area contributed by atoms with E-state index < -0.39 is 0 Å². The Labute approximate surface area is 95.0 Å². The van der Waals surface area contributed by atoms with Gasteiger partial charge in [0.2, 0.25) is 0 Å². The number of ether oxygens (including phenoxy) is 2. The lowest BCUT2D eigenvalue weighted by molar-refractivity contribution is 0.122. The molecule has 1 aromatic rings. The van der Waals surface area contributed by atoms with Gasteiger partial charge in [-0.2, -0.15) is 5.26 Å². The van der Waals surface area contributed by atoms with Crippen molar-refractivity contribution < 1.29 is 9.47 Å². The predicted octanol–water partition coefficient (Wildman–Crippen LogP) is 1.40. The number of hydrogen-bond donors (Lipinski definition) is 0. The zero-order valence-corrected chi connectivity index (χ0v) is 9.27. The summed E-state index contributed by atoms with van der Waals surface area (Å²) in [6, 6.07) is 7.82. The molecule has 16 heavy (non-hydrogen) atoms. The van der Waals surface area contributed by atoms with E-state index in [-0.39, 0.29) is 0 Å². The highest BCUT2D eigenvalue weighted by Gasteiger charge is 2.13. The summed E-state index contributed by atoms with van der Waals surface area (Å²) in [6.45, 7) is 3.23. The van der Waals surface area contributed by atoms with Gasteiger partial charge in [0.1, 0.15) is 11.8 Å². The summed E-state index contributed by atoms with van der Waals surface area (Å²) >= 11 is 0. The van der Waals surface area contributed by atoms with Gasteiger partial charge < -0.3 is 14.4 Å². The maximum Gasteiger partial charge on any atom is 0.136 e. The van der Waals surface area contributed by atoms with Gasteiger partial charge in [-0.15, -0.1) is 0 Å². The Morgan fingerprint density at radius 2 is 2.12 bits per heavy atom. The van der Waals surface area contributed by atoms with Crippen LogP contribution in [0.2, 0.25) is 0 Å². The summed E-state index contributed by atoms with van der Waals surface area (Å²) in [5.74, 6) is 0.625. The molecule has 0 radical (unpaired) electrons. The summed E-state index contributed by atoms with van der Waals surface area (Å²) in [7, 11) is 1.57. The molecule has 0 bridgehead atoms. The molecule has 0 aliphatic carbocycles. The van der Waals surface area contributed by atoms with E-state index in [1.54, 1.807) is 7.11 Å². The van der Waals surface area contributed by atoms with Crippen molar-refractivity contribution in [3.05, 3.63) is 23.8 Å². The summed E-state index contributed by atoms with van der Waals surface area (Å²) < 4.78 is 10.4. The Hall–Kier alpha value is -1.73. The molecule has 4 nitrogen and oxygen atoms in total. The van der Waals surface area contributed by atoms with Crippen LogP contribution in [0, 0.1) is 11.3 Å². The molecule has 1 aliphatic heterocycles. The highest BCUT2D eigenvalue weighted by molar-refractivity contribution is 5.57. The monoisotopic (exact) mass is 218 g/mol. The van der Waals surface area contributed by atoms with Crippen LogP contribution in [-0.4, -0.2) is 33.4 Å². The van der Waals surface area contributed by atoms with Gasteiger partial charge in [0, 0.05) is 18.8 Å². The second-order valence-electron chi connectivity index (χ2n) is 3.60. The van der Waals surface area contributed by atoms with E-state index >= 15 is 0 Å². The number of nitriles is 1. The maximum absolute atomic E-state index is 9.00. The maximum atomic E-state index is 9.00. The van der Waals surface area contributed by atoms with Crippen molar-refractivity contribution in [3.8, 4) is 11.8 Å². The minimum absolute atomic E-state index is 0.575. The number of morpholine rings is 1. The van der Waals surface area contributed by atoms with E-state index in [2.05, 4.69) is 11.0 Å². The van der Waals surface area contributed by atoms with Gasteiger partial charge in [-0.3, -0.25) is 0 Å². The van der Waals surface area contributed by atoms with Crippen LogP contribution in [0.4, 0.5) is 5.69 Å². The largest absolute Gasteiger partial charge is 0.495 e. The Balaban J connectivity index is 2.25. The fourth-order valence-electron chi connectivity index (χ4n) is 1.80. The Bertz CT molecular complexity index is 406. The van der Waals surface area contributed by atoms with Gasteiger partial charge in [-0.1, -0.05) is 0 Å². The lowest BCUT2D eigenvalue weighted by Crippen LogP contribution is -2.36. The molecule has 1 heterocycles. The molecule has 1 fully saturated rings. The number of benzene rings is 1. The molecular weight excluding hydrogens is 204 g/mol. The van der Waals surface area contributed by atoms with Gasteiger partial charge in [0.05, 0.1) is 25.9 Å². The minimum Gasteiger partial charge on any atom is -0.495 e. The molecule has 0 atom stereocenters. The fourth-order valence-corrected chi connectivity index (χ4v) is 1.80. The van der Waals surface area contributed by atoms with Crippen molar-refractivity contribution in [2.45, 2.75) is 0 Å². The normalized spacial score (nSPS) is 15.6. The van der Waals surface area contributed by atoms with Gasteiger partial charge in [0.25, 0.3) is 0 Å². The van der Waals surface area contributed by atoms with Crippen molar-refractivity contribution in [2.24, 2.45) is 0 Å². The van der Waals surface area contributed by atoms with Gasteiger partial charge in [-0.25, -0.2) is 0 Å². The third-order valence-electron chi connectivity index (χ3n) is 2.68. The Morgan fingerprint density at radius 3 is 2.75 bits per heavy atom. The number of methoxy groups -OCH3 is 1. The molecule has 0 N–H and O–H groups in total. The average Bonchev–Trinajstić information content (AvgIpc) is 2.39. The standard InChI is InChI=1S/C12H14N2O2/c1-15-12-3-2-11(8-10(12)9-13)14-4-6-16-7-5-14/h2-3,8H,4-7H2,1H3. The molecule has 0 unspecified atom stereocenters. The number of anilines is 1. The van der Waals surface area contributed by atoms with Crippen molar-refractivity contribution in [1.29, 1.82) is 5.26 Å². The lowest BCUT2D eigenvalue weighted by atomic mass is 10.1. The molecule has 4 heteroatoms. The van der Waals surface area contributed by atoms with Crippen molar-refractivity contribution in [2.75, 3.05) is 38.3 Å². The second kappa shape index (κ2) is 4.86. The first-order valence-corrected chi connectivity index (χ1v) is 5.26. The fraction of sp³-hybridized carbons (Fsp3) is 0.417. The number of rotatable bonds is 2. The van der Waals surface area contributed by atoms with Crippen LogP contribution in [0.15, 0.2) is 18.2 Å². The van der Waals surface area contributed by atoms with Crippen LogP contribution in [0.25, 0.3) is 0 Å². The smallest absolute Gasteiger partial charge is 0.136 e. The quantitative estimate of drug-likeness (QED) is 0.752. The van der Waals surface area contributed by atoms with E-state index in [4.69, 9.17) is 14.7 Å². The highest BCUT2D eigenvalue weighted by Crippen LogP contribution is 2.24. The van der Waals surface area contributed by atoms with Gasteiger partial charge in [0.15, 0.2) is 0 Å². The molecule has 0 amide bonds. The molecule has 2 rings (SSSR count). The average molecular weight is 218 g/mol. The van der Waals surface area contributed by atoms with Crippen molar-refractivity contribution >= 4 is 5.69 Å². The van der Waals surface area contributed by atoms with Crippen molar-refractivity contribution in [3.63, 3.8) is 0 Å². The van der Waals surface area contributed by atoms with Crippen molar-refractivity contribution in [1.82, 2.24) is 0 Å². The molecule has 0 saturated carbocycles. The predicted molar refractivity (Wildman–Crippen MR) is 60.7 cm³/mol. The second-order valence-corrected chi connectivity index (χ2v) is 3.60. The molecule has 0 aromatic heterocycles. The zero-order valence-electron chi connectivity index (χ0n) is 9.27. The number of hydrogen-bond acceptors (Lipinski definition) is 4. The number of nitrogens with zero attached hydrogens (tertiary/aromatic N) is 2. The first-order valence-electron chi connectivity index (χ1n) is 5.26. The van der Waals surface area contributed by atoms with E-state index in [9.17, 15) is 0 Å². The highest BCUT2D eigenvalue weighted by atomic mass is 16.5. The third kappa shape index (κ3) is 2.10. The molecule has 1 saturated heterocycles. The first kappa shape index (κ1) is 10.8. The molecule has 1 aliphatic rings. The van der Waals surface area contributed by atoms with Crippen LogP contribution in [-0.2, 0) is 4.74 Å². The van der Waals surface area contributed by atoms with Crippen LogP contribution in [0.5, 0.6) is 5.75 Å². The van der Waals surface area contributed by atoms with E-state index in [0.717, 1.165) is 32.0 Å². The zero-order chi connectivity index (χ0) is 11.4. The van der Waals surface area contributed by atoms with Crippen LogP contribution in [0.3, 0.4) is 0 Å². The van der Waals surface area contributed by atoms with Crippen LogP contribution >= 0.6 is 0 Å². The van der Waals surface area contributed by atoms with E-state index in [1.807, 2.05) is 18.2 Å². The molecular formula is C12H14N2O2. The summed E-state index contributed by atoms with van der Waals surface area (Å²) in [6.07, 6.45) is 0. The van der Waals surface area contributed by atoms with Crippen LogP contribution < -0.4 is 9.64 Å². The summed E-state index contributed by atoms with van der Waals surface area (Å²) in [5.41, 5.74) is 1.63. The molecule has 1 aromatic carbocycles.